The lowest BCUT2D eigenvalue weighted by molar-refractivity contribution is 0.517. The van der Waals surface area contributed by atoms with E-state index in [2.05, 4.69) is 10.3 Å². The lowest BCUT2D eigenvalue weighted by Gasteiger charge is -2.18. The van der Waals surface area contributed by atoms with Gasteiger partial charge in [-0.3, -0.25) is 4.98 Å². The number of rotatable bonds is 5. The van der Waals surface area contributed by atoms with Gasteiger partial charge in [0.2, 0.25) is 0 Å². The number of hydrogen-bond donors (Lipinski definition) is 1. The quantitative estimate of drug-likeness (QED) is 0.898. The molecule has 106 valence electrons. The Hall–Kier alpha value is -1.45. The van der Waals surface area contributed by atoms with Crippen molar-refractivity contribution in [2.45, 2.75) is 26.3 Å². The number of hydrogen-bond acceptors (Lipinski definition) is 2. The summed E-state index contributed by atoms with van der Waals surface area (Å²) in [4.78, 5) is 4.39. The zero-order chi connectivity index (χ0) is 14.5. The smallest absolute Gasteiger partial charge is 0.126 e. The largest absolute Gasteiger partial charge is 0.309 e. The molecule has 1 N–H and O–H groups in total. The molecule has 1 atom stereocenters. The first kappa shape index (κ1) is 14.9. The van der Waals surface area contributed by atoms with E-state index in [9.17, 15) is 4.39 Å². The van der Waals surface area contributed by atoms with E-state index in [1.807, 2.05) is 26.0 Å². The number of aryl methyl sites for hydroxylation is 1. The molecule has 1 aromatic carbocycles. The molecule has 0 aliphatic carbocycles. The van der Waals surface area contributed by atoms with Gasteiger partial charge in [-0.05, 0) is 61.3 Å². The monoisotopic (exact) mass is 292 g/mol. The van der Waals surface area contributed by atoms with E-state index in [0.29, 0.717) is 17.0 Å². The summed E-state index contributed by atoms with van der Waals surface area (Å²) >= 11 is 5.95. The fraction of sp³-hybridized carbons (Fsp3) is 0.312. The van der Waals surface area contributed by atoms with Crippen molar-refractivity contribution in [3.63, 3.8) is 0 Å². The first-order valence-corrected chi connectivity index (χ1v) is 7.07. The maximum Gasteiger partial charge on any atom is 0.126 e. The molecule has 0 amide bonds. The van der Waals surface area contributed by atoms with Crippen molar-refractivity contribution in [3.05, 3.63) is 64.2 Å². The van der Waals surface area contributed by atoms with E-state index in [-0.39, 0.29) is 11.9 Å². The van der Waals surface area contributed by atoms with Gasteiger partial charge in [0.05, 0.1) is 11.7 Å². The molecule has 2 nitrogen and oxygen atoms in total. The first-order valence-electron chi connectivity index (χ1n) is 6.70. The Bertz CT molecular complexity index is 586. The molecule has 0 saturated carbocycles. The Morgan fingerprint density at radius 3 is 2.80 bits per heavy atom. The van der Waals surface area contributed by atoms with Crippen molar-refractivity contribution in [1.29, 1.82) is 0 Å². The number of likely N-dealkylation sites (N-methyl/N-ethyl adjacent to an activating group) is 1. The average molecular weight is 293 g/mol. The normalized spacial score (nSPS) is 12.4. The minimum atomic E-state index is -0.232. The lowest BCUT2D eigenvalue weighted by atomic mass is 10.0. The molecule has 1 aromatic heterocycles. The van der Waals surface area contributed by atoms with Gasteiger partial charge in [0.1, 0.15) is 5.82 Å². The van der Waals surface area contributed by atoms with E-state index in [1.54, 1.807) is 18.3 Å². The Morgan fingerprint density at radius 1 is 1.30 bits per heavy atom. The lowest BCUT2D eigenvalue weighted by Crippen LogP contribution is -2.24. The van der Waals surface area contributed by atoms with E-state index in [4.69, 9.17) is 11.6 Å². The molecule has 1 heterocycles. The van der Waals surface area contributed by atoms with Gasteiger partial charge in [0.25, 0.3) is 0 Å². The SMILES string of the molecule is CCNC(Cc1cc(Cl)ccc1F)c1cc(C)ccn1. The maximum atomic E-state index is 13.9. The van der Waals surface area contributed by atoms with Gasteiger partial charge in [-0.2, -0.15) is 0 Å². The standard InChI is InChI=1S/C16H18ClFN2/c1-3-19-16(15-8-11(2)6-7-20-15)10-12-9-13(17)4-5-14(12)18/h4-9,16,19H,3,10H2,1-2H3. The zero-order valence-corrected chi connectivity index (χ0v) is 12.4. The van der Waals surface area contributed by atoms with Crippen LogP contribution in [0.5, 0.6) is 0 Å². The Labute approximate surface area is 124 Å². The molecule has 0 aliphatic rings. The van der Waals surface area contributed by atoms with Crippen molar-refractivity contribution >= 4 is 11.6 Å². The molecule has 20 heavy (non-hydrogen) atoms. The fourth-order valence-electron chi connectivity index (χ4n) is 2.20. The van der Waals surface area contributed by atoms with Crippen LogP contribution in [0.4, 0.5) is 4.39 Å². The predicted octanol–water partition coefficient (Wildman–Crippen LogP) is 4.08. The van der Waals surface area contributed by atoms with Gasteiger partial charge < -0.3 is 5.32 Å². The summed E-state index contributed by atoms with van der Waals surface area (Å²) in [5.41, 5.74) is 2.67. The third-order valence-electron chi connectivity index (χ3n) is 3.18. The van der Waals surface area contributed by atoms with Crippen molar-refractivity contribution < 1.29 is 4.39 Å². The average Bonchev–Trinajstić information content (AvgIpc) is 2.42. The first-order chi connectivity index (χ1) is 9.60. The highest BCUT2D eigenvalue weighted by molar-refractivity contribution is 6.30. The van der Waals surface area contributed by atoms with E-state index in [1.165, 1.54) is 6.07 Å². The van der Waals surface area contributed by atoms with E-state index >= 15 is 0 Å². The predicted molar refractivity (Wildman–Crippen MR) is 80.5 cm³/mol. The van der Waals surface area contributed by atoms with Crippen LogP contribution in [-0.4, -0.2) is 11.5 Å². The fourth-order valence-corrected chi connectivity index (χ4v) is 2.39. The second kappa shape index (κ2) is 6.82. The minimum Gasteiger partial charge on any atom is -0.309 e. The number of nitrogens with one attached hydrogen (secondary N) is 1. The highest BCUT2D eigenvalue weighted by Crippen LogP contribution is 2.22. The van der Waals surface area contributed by atoms with Crippen LogP contribution >= 0.6 is 11.6 Å². The molecule has 1 unspecified atom stereocenters. The van der Waals surface area contributed by atoms with Gasteiger partial charge in [0, 0.05) is 11.2 Å². The van der Waals surface area contributed by atoms with Gasteiger partial charge >= 0.3 is 0 Å². The molecule has 2 rings (SSSR count). The number of pyridine rings is 1. The van der Waals surface area contributed by atoms with Gasteiger partial charge in [-0.25, -0.2) is 4.39 Å². The second-order valence-corrected chi connectivity index (χ2v) is 5.24. The molecule has 2 aromatic rings. The Balaban J connectivity index is 2.27. The van der Waals surface area contributed by atoms with E-state index < -0.39 is 0 Å². The molecule has 0 aliphatic heterocycles. The van der Waals surface area contributed by atoms with Crippen LogP contribution in [0.1, 0.15) is 29.8 Å². The van der Waals surface area contributed by atoms with Crippen molar-refractivity contribution in [1.82, 2.24) is 10.3 Å². The van der Waals surface area contributed by atoms with Crippen LogP contribution in [-0.2, 0) is 6.42 Å². The zero-order valence-electron chi connectivity index (χ0n) is 11.7. The van der Waals surface area contributed by atoms with Gasteiger partial charge in [-0.15, -0.1) is 0 Å². The summed E-state index contributed by atoms with van der Waals surface area (Å²) in [6.45, 7) is 4.84. The van der Waals surface area contributed by atoms with Gasteiger partial charge in [-0.1, -0.05) is 18.5 Å². The molecule has 0 fully saturated rings. The highest BCUT2D eigenvalue weighted by Gasteiger charge is 2.15. The summed E-state index contributed by atoms with van der Waals surface area (Å²) in [7, 11) is 0. The van der Waals surface area contributed by atoms with Crippen LogP contribution < -0.4 is 5.32 Å². The molecule has 4 heteroatoms. The van der Waals surface area contributed by atoms with Crippen molar-refractivity contribution in [2.75, 3.05) is 6.54 Å². The summed E-state index contributed by atoms with van der Waals surface area (Å²) in [6, 6.07) is 8.60. The summed E-state index contributed by atoms with van der Waals surface area (Å²) in [5, 5.41) is 3.90. The van der Waals surface area contributed by atoms with Crippen LogP contribution in [0, 0.1) is 12.7 Å². The van der Waals surface area contributed by atoms with Crippen LogP contribution in [0.3, 0.4) is 0 Å². The topological polar surface area (TPSA) is 24.9 Å². The molecule has 0 radical (unpaired) electrons. The third-order valence-corrected chi connectivity index (χ3v) is 3.41. The van der Waals surface area contributed by atoms with E-state index in [0.717, 1.165) is 17.8 Å². The summed E-state index contributed by atoms with van der Waals surface area (Å²) < 4.78 is 13.9. The Morgan fingerprint density at radius 2 is 2.10 bits per heavy atom. The maximum absolute atomic E-state index is 13.9. The Kier molecular flexibility index (Phi) is 5.10. The molecular formula is C16H18ClFN2. The molecule has 0 bridgehead atoms. The minimum absolute atomic E-state index is 0.0205. The van der Waals surface area contributed by atoms with Gasteiger partial charge in [0.15, 0.2) is 0 Å². The third kappa shape index (κ3) is 3.78. The second-order valence-electron chi connectivity index (χ2n) is 4.81. The number of halogens is 2. The molecule has 0 saturated heterocycles. The molecule has 0 spiro atoms. The number of nitrogens with zero attached hydrogens (tertiary/aromatic N) is 1. The number of aromatic nitrogens is 1. The molecular weight excluding hydrogens is 275 g/mol. The van der Waals surface area contributed by atoms with Crippen molar-refractivity contribution in [3.8, 4) is 0 Å². The summed E-state index contributed by atoms with van der Waals surface area (Å²) in [6.07, 6.45) is 2.31. The highest BCUT2D eigenvalue weighted by atomic mass is 35.5. The van der Waals surface area contributed by atoms with Crippen LogP contribution in [0.15, 0.2) is 36.5 Å². The summed E-state index contributed by atoms with van der Waals surface area (Å²) in [5.74, 6) is -0.232. The van der Waals surface area contributed by atoms with Crippen LogP contribution in [0.25, 0.3) is 0 Å². The van der Waals surface area contributed by atoms with Crippen molar-refractivity contribution in [2.24, 2.45) is 0 Å². The number of benzene rings is 1. The van der Waals surface area contributed by atoms with Crippen LogP contribution in [0.2, 0.25) is 5.02 Å².